The highest BCUT2D eigenvalue weighted by molar-refractivity contribution is 6.22. The Bertz CT molecular complexity index is 667. The van der Waals surface area contributed by atoms with E-state index < -0.39 is 0 Å². The average Bonchev–Trinajstić information content (AvgIpc) is 3.21. The van der Waals surface area contributed by atoms with Crippen molar-refractivity contribution in [2.24, 2.45) is 11.8 Å². The Morgan fingerprint density at radius 1 is 0.952 bits per heavy atom. The fourth-order valence-electron chi connectivity index (χ4n) is 3.33. The van der Waals surface area contributed by atoms with Crippen LogP contribution in [0.1, 0.15) is 25.7 Å². The number of rotatable bonds is 2. The summed E-state index contributed by atoms with van der Waals surface area (Å²) in [4.78, 5) is 26.3. The Kier molecular flexibility index (Phi) is 2.66. The molecule has 0 aromatic carbocycles. The van der Waals surface area contributed by atoms with E-state index >= 15 is 0 Å². The van der Waals surface area contributed by atoms with Crippen molar-refractivity contribution in [3.63, 3.8) is 0 Å². The molecule has 2 aliphatic rings. The van der Waals surface area contributed by atoms with Gasteiger partial charge >= 0.3 is 0 Å². The van der Waals surface area contributed by atoms with Crippen molar-refractivity contribution in [1.29, 1.82) is 0 Å². The molecule has 1 saturated carbocycles. The van der Waals surface area contributed by atoms with Gasteiger partial charge in [0, 0.05) is 12.4 Å². The number of hydrogen-bond donors (Lipinski definition) is 0. The first kappa shape index (κ1) is 12.3. The van der Waals surface area contributed by atoms with Crippen molar-refractivity contribution in [2.75, 3.05) is 4.90 Å². The van der Waals surface area contributed by atoms with Crippen LogP contribution >= 0.6 is 0 Å². The Morgan fingerprint density at radius 3 is 2.14 bits per heavy atom. The van der Waals surface area contributed by atoms with E-state index in [1.54, 1.807) is 17.0 Å². The van der Waals surface area contributed by atoms with Crippen molar-refractivity contribution in [3.05, 3.63) is 24.5 Å². The second-order valence-corrected chi connectivity index (χ2v) is 5.51. The molecule has 7 nitrogen and oxygen atoms in total. The van der Waals surface area contributed by atoms with Gasteiger partial charge in [-0.1, -0.05) is 12.8 Å². The lowest BCUT2D eigenvalue weighted by Crippen LogP contribution is -2.32. The number of aromatic nitrogens is 3. The maximum Gasteiger partial charge on any atom is 0.239 e. The van der Waals surface area contributed by atoms with Gasteiger partial charge < -0.3 is 4.57 Å². The fourth-order valence-corrected chi connectivity index (χ4v) is 3.33. The third kappa shape index (κ3) is 1.73. The second-order valence-electron chi connectivity index (χ2n) is 5.51. The number of nitrogens with zero attached hydrogens (tertiary/aromatic N) is 4. The molecule has 0 radical (unpaired) electrons. The maximum absolute atomic E-state index is 12.6. The summed E-state index contributed by atoms with van der Waals surface area (Å²) >= 11 is 0. The number of amides is 2. The van der Waals surface area contributed by atoms with Gasteiger partial charge in [-0.25, -0.2) is 9.53 Å². The van der Waals surface area contributed by atoms with Crippen molar-refractivity contribution < 1.29 is 14.2 Å². The van der Waals surface area contributed by atoms with E-state index in [0.717, 1.165) is 30.6 Å². The molecule has 0 N–H and O–H groups in total. The van der Waals surface area contributed by atoms with Crippen LogP contribution in [0, 0.1) is 11.8 Å². The first-order chi connectivity index (χ1) is 10.3. The lowest BCUT2D eigenvalue weighted by molar-refractivity contribution is -0.122. The summed E-state index contributed by atoms with van der Waals surface area (Å²) in [7, 11) is 0. The zero-order valence-electron chi connectivity index (χ0n) is 11.3. The van der Waals surface area contributed by atoms with Crippen LogP contribution < -0.4 is 4.90 Å². The predicted molar refractivity (Wildman–Crippen MR) is 71.6 cm³/mol. The molecular formula is C14H14N4O3. The topological polar surface area (TPSA) is 81.2 Å². The minimum absolute atomic E-state index is 0.172. The molecule has 0 spiro atoms. The van der Waals surface area contributed by atoms with Gasteiger partial charge in [0.25, 0.3) is 0 Å². The van der Waals surface area contributed by atoms with E-state index in [-0.39, 0.29) is 29.5 Å². The molecule has 7 heteroatoms. The molecule has 3 heterocycles. The van der Waals surface area contributed by atoms with Crippen molar-refractivity contribution >= 4 is 17.6 Å². The van der Waals surface area contributed by atoms with E-state index in [4.69, 9.17) is 4.63 Å². The summed E-state index contributed by atoms with van der Waals surface area (Å²) in [5.41, 5.74) is 0. The SMILES string of the molecule is O=C1C2CCCCC2C(=O)N1c1nonc1-n1cccc1. The number of anilines is 1. The molecule has 1 aliphatic heterocycles. The molecule has 2 atom stereocenters. The van der Waals surface area contributed by atoms with Crippen molar-refractivity contribution in [2.45, 2.75) is 25.7 Å². The van der Waals surface area contributed by atoms with E-state index in [1.807, 2.05) is 12.1 Å². The molecule has 21 heavy (non-hydrogen) atoms. The highest BCUT2D eigenvalue weighted by atomic mass is 16.6. The van der Waals surface area contributed by atoms with Crippen LogP contribution in [0.4, 0.5) is 5.82 Å². The normalized spacial score (nSPS) is 25.4. The van der Waals surface area contributed by atoms with E-state index in [9.17, 15) is 9.59 Å². The van der Waals surface area contributed by atoms with Crippen LogP contribution in [-0.2, 0) is 9.59 Å². The van der Waals surface area contributed by atoms with E-state index in [0.29, 0.717) is 5.82 Å². The minimum Gasteiger partial charge on any atom is -0.303 e. The quantitative estimate of drug-likeness (QED) is 0.782. The summed E-state index contributed by atoms with van der Waals surface area (Å²) in [6.07, 6.45) is 7.07. The van der Waals surface area contributed by atoms with E-state index in [1.165, 1.54) is 0 Å². The Balaban J connectivity index is 1.76. The third-order valence-corrected chi connectivity index (χ3v) is 4.36. The van der Waals surface area contributed by atoms with Gasteiger partial charge in [-0.3, -0.25) is 9.59 Å². The van der Waals surface area contributed by atoms with Crippen molar-refractivity contribution in [3.8, 4) is 5.82 Å². The van der Waals surface area contributed by atoms with Crippen molar-refractivity contribution in [1.82, 2.24) is 14.9 Å². The molecule has 1 aliphatic carbocycles. The number of fused-ring (bicyclic) bond motifs is 1. The first-order valence-electron chi connectivity index (χ1n) is 7.11. The third-order valence-electron chi connectivity index (χ3n) is 4.36. The molecule has 4 rings (SSSR count). The molecule has 2 amide bonds. The molecule has 108 valence electrons. The number of carbonyl (C=O) groups is 2. The summed E-state index contributed by atoms with van der Waals surface area (Å²) in [6, 6.07) is 3.65. The van der Waals surface area contributed by atoms with E-state index in [2.05, 4.69) is 10.3 Å². The summed E-state index contributed by atoms with van der Waals surface area (Å²) in [6.45, 7) is 0. The lowest BCUT2D eigenvalue weighted by atomic mass is 9.81. The molecule has 2 aromatic heterocycles. The zero-order chi connectivity index (χ0) is 14.4. The monoisotopic (exact) mass is 286 g/mol. The van der Waals surface area contributed by atoms with Crippen LogP contribution in [0.2, 0.25) is 0 Å². The van der Waals surface area contributed by atoms with Gasteiger partial charge in [-0.2, -0.15) is 0 Å². The Morgan fingerprint density at radius 2 is 1.52 bits per heavy atom. The molecular weight excluding hydrogens is 272 g/mol. The largest absolute Gasteiger partial charge is 0.303 e. The molecule has 1 saturated heterocycles. The smallest absolute Gasteiger partial charge is 0.239 e. The maximum atomic E-state index is 12.6. The lowest BCUT2D eigenvalue weighted by Gasteiger charge is -2.19. The summed E-state index contributed by atoms with van der Waals surface area (Å²) in [5.74, 6) is -0.209. The van der Waals surface area contributed by atoms with Crippen LogP contribution in [0.3, 0.4) is 0 Å². The van der Waals surface area contributed by atoms with Crippen LogP contribution in [0.5, 0.6) is 0 Å². The van der Waals surface area contributed by atoms with Gasteiger partial charge in [0.05, 0.1) is 11.8 Å². The highest BCUT2D eigenvalue weighted by Crippen LogP contribution is 2.40. The van der Waals surface area contributed by atoms with Gasteiger partial charge in [-0.05, 0) is 35.3 Å². The molecule has 0 bridgehead atoms. The van der Waals surface area contributed by atoms with Crippen LogP contribution in [-0.4, -0.2) is 26.7 Å². The van der Waals surface area contributed by atoms with Crippen LogP contribution in [0.15, 0.2) is 29.2 Å². The van der Waals surface area contributed by atoms with Gasteiger partial charge in [0.2, 0.25) is 23.5 Å². The summed E-state index contributed by atoms with van der Waals surface area (Å²) < 4.78 is 6.44. The number of hydrogen-bond acceptors (Lipinski definition) is 5. The fraction of sp³-hybridized carbons (Fsp3) is 0.429. The van der Waals surface area contributed by atoms with Gasteiger partial charge in [-0.15, -0.1) is 0 Å². The molecule has 2 unspecified atom stereocenters. The Labute approximate surface area is 120 Å². The molecule has 2 fully saturated rings. The van der Waals surface area contributed by atoms with Gasteiger partial charge in [0.1, 0.15) is 0 Å². The summed E-state index contributed by atoms with van der Waals surface area (Å²) in [5, 5.41) is 7.61. The second kappa shape index (κ2) is 4.54. The van der Waals surface area contributed by atoms with Crippen LogP contribution in [0.25, 0.3) is 5.82 Å². The highest BCUT2D eigenvalue weighted by Gasteiger charge is 2.50. The minimum atomic E-state index is -0.208. The van der Waals surface area contributed by atoms with Gasteiger partial charge in [0.15, 0.2) is 0 Å². The number of carbonyl (C=O) groups excluding carboxylic acids is 2. The predicted octanol–water partition coefficient (Wildman–Crippen LogP) is 1.54. The standard InChI is InChI=1S/C14H14N4O3/c19-13-9-5-1-2-6-10(9)14(20)18(13)12-11(15-21-16-12)17-7-3-4-8-17/h3-4,7-10H,1-2,5-6H2. The average molecular weight is 286 g/mol. The Hall–Kier alpha value is -2.44. The first-order valence-corrected chi connectivity index (χ1v) is 7.11. The number of imide groups is 1. The molecule has 2 aromatic rings. The zero-order valence-corrected chi connectivity index (χ0v) is 11.3.